The Morgan fingerprint density at radius 1 is 0.923 bits per heavy atom. The number of hydrogen-bond acceptors (Lipinski definition) is 10. The fraction of sp³-hybridized carbons (Fsp3) is 0.462. The van der Waals surface area contributed by atoms with Gasteiger partial charge in [0.1, 0.15) is 29.4 Å². The first-order chi connectivity index (χ1) is 25.1. The van der Waals surface area contributed by atoms with E-state index in [0.29, 0.717) is 17.9 Å². The number of nitrogens with one attached hydrogen (secondary N) is 1. The van der Waals surface area contributed by atoms with Gasteiger partial charge in [-0.2, -0.15) is 5.26 Å². The Labute approximate surface area is 307 Å². The molecule has 12 nitrogen and oxygen atoms in total. The minimum Gasteiger partial charge on any atom is -0.497 e. The molecule has 0 aromatic heterocycles. The van der Waals surface area contributed by atoms with E-state index < -0.39 is 38.6 Å². The number of imide groups is 1. The van der Waals surface area contributed by atoms with Crippen molar-refractivity contribution in [2.45, 2.75) is 83.1 Å². The number of carbonyl (C=O) groups is 2. The van der Waals surface area contributed by atoms with E-state index in [1.165, 1.54) is 4.90 Å². The summed E-state index contributed by atoms with van der Waals surface area (Å²) in [6.45, 7) is 8.80. The van der Waals surface area contributed by atoms with Crippen LogP contribution in [0.5, 0.6) is 11.5 Å². The van der Waals surface area contributed by atoms with Gasteiger partial charge in [-0.05, 0) is 68.7 Å². The van der Waals surface area contributed by atoms with Crippen molar-refractivity contribution in [3.05, 3.63) is 95.6 Å². The van der Waals surface area contributed by atoms with Crippen molar-refractivity contribution in [2.75, 3.05) is 34.0 Å². The monoisotopic (exact) mass is 732 g/mol. The van der Waals surface area contributed by atoms with E-state index in [1.54, 1.807) is 14.2 Å². The van der Waals surface area contributed by atoms with Gasteiger partial charge < -0.3 is 28.0 Å². The van der Waals surface area contributed by atoms with Gasteiger partial charge in [0.15, 0.2) is 0 Å². The van der Waals surface area contributed by atoms with Crippen LogP contribution in [-0.2, 0) is 28.9 Å². The zero-order valence-corrected chi connectivity index (χ0v) is 31.6. The number of hydrogen-bond donors (Lipinski definition) is 1. The summed E-state index contributed by atoms with van der Waals surface area (Å²) in [6, 6.07) is 27.4. The van der Waals surface area contributed by atoms with Crippen LogP contribution in [0.3, 0.4) is 0 Å². The van der Waals surface area contributed by atoms with Crippen molar-refractivity contribution in [3.8, 4) is 17.6 Å². The SMILES string of the molecule is COc1ccc(C(OCC2OC(N3CCC(=O)NC3=O)CC2OP(OCCC#N)N(C(C)C)C(C)C)(c2ccccc2)c2ccc(OC)cc2)cc1. The fourth-order valence-corrected chi connectivity index (χ4v) is 8.46. The maximum atomic E-state index is 13.0. The first kappa shape index (κ1) is 39.1. The van der Waals surface area contributed by atoms with E-state index >= 15 is 0 Å². The van der Waals surface area contributed by atoms with Crippen molar-refractivity contribution in [1.82, 2.24) is 14.9 Å². The standard InChI is InChI=1S/C39H49N4O8P/c1-27(2)43(28(3)4)52(49-24-10-22-40)51-34-25-37(42-23-21-36(44)41-38(42)45)50-35(34)26-48-39(29-11-8-7-9-12-29,30-13-17-32(46-5)18-14-30)31-15-19-33(47-6)20-16-31/h7-9,11-20,27-28,34-35,37H,10,21,23-26H2,1-6H3,(H,41,44,45). The van der Waals surface area contributed by atoms with Crippen LogP contribution in [0.25, 0.3) is 0 Å². The van der Waals surface area contributed by atoms with Crippen molar-refractivity contribution < 1.29 is 37.6 Å². The van der Waals surface area contributed by atoms with Gasteiger partial charge in [-0.15, -0.1) is 0 Å². The lowest BCUT2D eigenvalue weighted by atomic mass is 9.80. The zero-order chi connectivity index (χ0) is 37.3. The summed E-state index contributed by atoms with van der Waals surface area (Å²) in [5.41, 5.74) is 1.49. The highest BCUT2D eigenvalue weighted by molar-refractivity contribution is 7.44. The lowest BCUT2D eigenvalue weighted by Crippen LogP contribution is -2.53. The number of nitriles is 1. The highest BCUT2D eigenvalue weighted by atomic mass is 31.2. The minimum absolute atomic E-state index is 0.0627. The smallest absolute Gasteiger partial charge is 0.326 e. The van der Waals surface area contributed by atoms with Gasteiger partial charge >= 0.3 is 6.03 Å². The van der Waals surface area contributed by atoms with E-state index in [-0.39, 0.29) is 50.6 Å². The Bertz CT molecular complexity index is 1600. The Balaban J connectivity index is 1.56. The molecule has 2 saturated heterocycles. The third kappa shape index (κ3) is 8.92. The molecule has 2 heterocycles. The Morgan fingerprint density at radius 2 is 1.50 bits per heavy atom. The molecule has 2 aliphatic heterocycles. The maximum Gasteiger partial charge on any atom is 0.326 e. The zero-order valence-electron chi connectivity index (χ0n) is 30.7. The third-order valence-electron chi connectivity index (χ3n) is 9.14. The molecule has 0 aliphatic carbocycles. The molecule has 3 aromatic carbocycles. The summed E-state index contributed by atoms with van der Waals surface area (Å²) >= 11 is 0. The van der Waals surface area contributed by atoms with E-state index in [0.717, 1.165) is 16.7 Å². The van der Waals surface area contributed by atoms with Gasteiger partial charge in [0.25, 0.3) is 8.53 Å². The second-order valence-corrected chi connectivity index (χ2v) is 14.6. The highest BCUT2D eigenvalue weighted by Gasteiger charge is 2.47. The summed E-state index contributed by atoms with van der Waals surface area (Å²) in [5.74, 6) is 1.09. The first-order valence-electron chi connectivity index (χ1n) is 17.6. The summed E-state index contributed by atoms with van der Waals surface area (Å²) in [6.07, 6.45) is -1.19. The number of benzene rings is 3. The lowest BCUT2D eigenvalue weighted by molar-refractivity contribution is -0.125. The van der Waals surface area contributed by atoms with Crippen molar-refractivity contribution >= 4 is 20.5 Å². The second-order valence-electron chi connectivity index (χ2n) is 13.2. The van der Waals surface area contributed by atoms with Crippen LogP contribution < -0.4 is 14.8 Å². The Morgan fingerprint density at radius 3 is 2.02 bits per heavy atom. The molecule has 0 bridgehead atoms. The van der Waals surface area contributed by atoms with Crippen molar-refractivity contribution in [1.29, 1.82) is 5.26 Å². The van der Waals surface area contributed by atoms with Gasteiger partial charge in [-0.1, -0.05) is 54.6 Å². The number of methoxy groups -OCH3 is 2. The number of carbonyl (C=O) groups excluding carboxylic acids is 2. The second kappa shape index (κ2) is 18.1. The number of amides is 3. The van der Waals surface area contributed by atoms with Gasteiger partial charge in [-0.25, -0.2) is 9.46 Å². The van der Waals surface area contributed by atoms with Crippen LogP contribution in [0.15, 0.2) is 78.9 Å². The molecule has 0 saturated carbocycles. The third-order valence-corrected chi connectivity index (χ3v) is 11.3. The molecule has 3 amide bonds. The maximum absolute atomic E-state index is 13.0. The lowest BCUT2D eigenvalue weighted by Gasteiger charge is -2.39. The fourth-order valence-electron chi connectivity index (χ4n) is 6.70. The quantitative estimate of drug-likeness (QED) is 0.0906. The number of rotatable bonds is 17. The normalized spacial score (nSPS) is 19.9. The van der Waals surface area contributed by atoms with Crippen molar-refractivity contribution in [2.24, 2.45) is 0 Å². The Hall–Kier alpha value is -4.08. The average molecular weight is 733 g/mol. The van der Waals surface area contributed by atoms with E-state index in [4.69, 9.17) is 28.0 Å². The van der Waals surface area contributed by atoms with Gasteiger partial charge in [0, 0.05) is 31.5 Å². The van der Waals surface area contributed by atoms with Gasteiger partial charge in [0.05, 0.1) is 46.0 Å². The molecule has 0 spiro atoms. The summed E-state index contributed by atoms with van der Waals surface area (Å²) in [4.78, 5) is 26.6. The van der Waals surface area contributed by atoms with Crippen LogP contribution in [0.1, 0.15) is 63.6 Å². The van der Waals surface area contributed by atoms with Crippen LogP contribution in [0.2, 0.25) is 0 Å². The van der Waals surface area contributed by atoms with Crippen LogP contribution >= 0.6 is 8.53 Å². The number of urea groups is 1. The van der Waals surface area contributed by atoms with Crippen LogP contribution in [0.4, 0.5) is 4.79 Å². The minimum atomic E-state index is -1.64. The molecule has 4 unspecified atom stereocenters. The molecule has 52 heavy (non-hydrogen) atoms. The topological polar surface area (TPSA) is 132 Å². The molecular weight excluding hydrogens is 683 g/mol. The highest BCUT2D eigenvalue weighted by Crippen LogP contribution is 2.50. The average Bonchev–Trinajstić information content (AvgIpc) is 3.54. The summed E-state index contributed by atoms with van der Waals surface area (Å²) in [7, 11) is 1.62. The first-order valence-corrected chi connectivity index (χ1v) is 18.7. The van der Waals surface area contributed by atoms with Gasteiger partial charge in [-0.3, -0.25) is 15.0 Å². The molecule has 0 radical (unpaired) electrons. The summed E-state index contributed by atoms with van der Waals surface area (Å²) < 4.78 is 40.2. The largest absolute Gasteiger partial charge is 0.497 e. The molecule has 13 heteroatoms. The molecule has 1 N–H and O–H groups in total. The van der Waals surface area contributed by atoms with E-state index in [2.05, 4.69) is 43.8 Å². The van der Waals surface area contributed by atoms with Gasteiger partial charge in [0.2, 0.25) is 5.91 Å². The van der Waals surface area contributed by atoms with Crippen LogP contribution in [-0.4, -0.2) is 86.0 Å². The van der Waals surface area contributed by atoms with Crippen molar-refractivity contribution in [3.63, 3.8) is 0 Å². The molecule has 278 valence electrons. The number of nitrogens with zero attached hydrogens (tertiary/aromatic N) is 3. The molecular formula is C39H49N4O8P. The molecule has 5 rings (SSSR count). The predicted molar refractivity (Wildman–Crippen MR) is 196 cm³/mol. The Kier molecular flexibility index (Phi) is 13.6. The predicted octanol–water partition coefficient (Wildman–Crippen LogP) is 6.73. The molecule has 4 atom stereocenters. The van der Waals surface area contributed by atoms with Crippen LogP contribution in [0, 0.1) is 11.3 Å². The molecule has 2 fully saturated rings. The summed E-state index contributed by atoms with van der Waals surface area (Å²) in [5, 5.41) is 11.7. The number of ether oxygens (including phenoxy) is 4. The molecule has 3 aromatic rings. The van der Waals surface area contributed by atoms with E-state index in [1.807, 2.05) is 78.9 Å². The molecule has 2 aliphatic rings. The van der Waals surface area contributed by atoms with E-state index in [9.17, 15) is 14.9 Å².